The van der Waals surface area contributed by atoms with Crippen LogP contribution in [0.3, 0.4) is 0 Å². The number of ether oxygens (including phenoxy) is 1. The van der Waals surface area contributed by atoms with E-state index >= 15 is 0 Å². The molecule has 0 fully saturated rings. The predicted octanol–water partition coefficient (Wildman–Crippen LogP) is 2.15. The maximum Gasteiger partial charge on any atom is 0.177 e. The molecule has 120 valence electrons. The highest BCUT2D eigenvalue weighted by molar-refractivity contribution is 6.28. The van der Waals surface area contributed by atoms with E-state index < -0.39 is 40.9 Å². The van der Waals surface area contributed by atoms with Crippen molar-refractivity contribution < 1.29 is 23.9 Å². The normalized spacial score (nSPS) is 20.0. The topological polar surface area (TPSA) is 77.5 Å². The number of benzene rings is 1. The molecule has 0 radical (unpaired) electrons. The molecule has 0 saturated heterocycles. The van der Waals surface area contributed by atoms with E-state index in [1.807, 2.05) is 0 Å². The van der Waals surface area contributed by atoms with Crippen LogP contribution in [-0.4, -0.2) is 30.2 Å². The van der Waals surface area contributed by atoms with Crippen LogP contribution in [0.15, 0.2) is 42.2 Å². The second-order valence-electron chi connectivity index (χ2n) is 5.97. The molecular weight excluding hydrogens is 296 g/mol. The van der Waals surface area contributed by atoms with Crippen LogP contribution in [0.25, 0.3) is 0 Å². The maximum absolute atomic E-state index is 12.5. The summed E-state index contributed by atoms with van der Waals surface area (Å²) < 4.78 is 5.07. The molecule has 5 nitrogen and oxygen atoms in total. The van der Waals surface area contributed by atoms with Crippen LogP contribution in [0, 0.1) is 11.3 Å². The van der Waals surface area contributed by atoms with Crippen LogP contribution in [0.4, 0.5) is 0 Å². The Morgan fingerprint density at radius 2 is 1.74 bits per heavy atom. The lowest BCUT2D eigenvalue weighted by molar-refractivity contribution is -0.143. The van der Waals surface area contributed by atoms with Crippen molar-refractivity contribution in [3.63, 3.8) is 0 Å². The molecule has 1 atom stereocenters. The van der Waals surface area contributed by atoms with Crippen LogP contribution in [-0.2, 0) is 19.1 Å². The first-order valence-electron chi connectivity index (χ1n) is 7.24. The fraction of sp³-hybridized carbons (Fsp3) is 0.333. The first-order chi connectivity index (χ1) is 10.8. The Hall–Kier alpha value is -2.56. The van der Waals surface area contributed by atoms with Gasteiger partial charge in [0.2, 0.25) is 0 Å². The second kappa shape index (κ2) is 6.28. The van der Waals surface area contributed by atoms with Crippen LogP contribution >= 0.6 is 0 Å². The number of methoxy groups -OCH3 is 1. The highest BCUT2D eigenvalue weighted by Gasteiger charge is 2.48. The molecule has 1 aromatic carbocycles. The zero-order valence-corrected chi connectivity index (χ0v) is 13.3. The molecule has 1 aliphatic rings. The molecule has 0 amide bonds. The van der Waals surface area contributed by atoms with Gasteiger partial charge in [0, 0.05) is 11.6 Å². The van der Waals surface area contributed by atoms with E-state index in [9.17, 15) is 19.2 Å². The Morgan fingerprint density at radius 3 is 2.30 bits per heavy atom. The number of ketones is 4. The lowest BCUT2D eigenvalue weighted by Crippen LogP contribution is -2.45. The minimum absolute atomic E-state index is 0.228. The fourth-order valence-corrected chi connectivity index (χ4v) is 2.61. The molecule has 23 heavy (non-hydrogen) atoms. The molecule has 0 bridgehead atoms. The number of rotatable bonds is 5. The minimum atomic E-state index is -1.43. The lowest BCUT2D eigenvalue weighted by atomic mass is 9.71. The molecule has 0 aromatic heterocycles. The van der Waals surface area contributed by atoms with Crippen molar-refractivity contribution in [3.8, 4) is 0 Å². The molecule has 0 saturated carbocycles. The van der Waals surface area contributed by atoms with E-state index in [2.05, 4.69) is 0 Å². The number of Topliss-reactive ketones (excluding diaryl/α,β-unsaturated/α-hetero) is 3. The second-order valence-corrected chi connectivity index (χ2v) is 5.97. The third kappa shape index (κ3) is 3.13. The van der Waals surface area contributed by atoms with E-state index in [0.29, 0.717) is 5.56 Å². The van der Waals surface area contributed by atoms with Gasteiger partial charge in [-0.15, -0.1) is 0 Å². The summed E-state index contributed by atoms with van der Waals surface area (Å²) in [5.74, 6) is -3.45. The van der Waals surface area contributed by atoms with Crippen molar-refractivity contribution in [2.75, 3.05) is 7.11 Å². The number of hydrogen-bond donors (Lipinski definition) is 0. The summed E-state index contributed by atoms with van der Waals surface area (Å²) in [6.45, 7) is 3.19. The van der Waals surface area contributed by atoms with Gasteiger partial charge in [-0.3, -0.25) is 19.2 Å². The summed E-state index contributed by atoms with van der Waals surface area (Å²) in [5.41, 5.74) is -0.692. The Kier molecular flexibility index (Phi) is 4.59. The van der Waals surface area contributed by atoms with Gasteiger partial charge in [0.25, 0.3) is 0 Å². The fourth-order valence-electron chi connectivity index (χ4n) is 2.61. The van der Waals surface area contributed by atoms with E-state index in [1.54, 1.807) is 44.2 Å². The highest BCUT2D eigenvalue weighted by atomic mass is 16.5. The molecule has 1 unspecified atom stereocenters. The standard InChI is InChI=1S/C18H18O5/c1-18(2)15(23-3)10-14(21)16(17(18)22)13(20)9-12(19)11-7-5-4-6-8-11/h4-8,10,16H,9H2,1-3H3. The molecular formula is C18H18O5. The number of carbonyl (C=O) groups excluding carboxylic acids is 4. The largest absolute Gasteiger partial charge is 0.500 e. The zero-order valence-electron chi connectivity index (χ0n) is 13.3. The smallest absolute Gasteiger partial charge is 0.177 e. The Bertz CT molecular complexity index is 697. The third-order valence-electron chi connectivity index (χ3n) is 4.02. The Balaban J connectivity index is 2.23. The Labute approximate surface area is 134 Å². The average Bonchev–Trinajstić information content (AvgIpc) is 2.52. The van der Waals surface area contributed by atoms with Gasteiger partial charge in [0.15, 0.2) is 23.1 Å². The van der Waals surface area contributed by atoms with E-state index in [-0.39, 0.29) is 5.76 Å². The van der Waals surface area contributed by atoms with Gasteiger partial charge >= 0.3 is 0 Å². The van der Waals surface area contributed by atoms with Gasteiger partial charge in [-0.05, 0) is 13.8 Å². The monoisotopic (exact) mass is 314 g/mol. The number of allylic oxidation sites excluding steroid dienone is 2. The van der Waals surface area contributed by atoms with Crippen LogP contribution in [0.2, 0.25) is 0 Å². The van der Waals surface area contributed by atoms with Gasteiger partial charge < -0.3 is 4.74 Å². The van der Waals surface area contributed by atoms with Crippen LogP contribution in [0.5, 0.6) is 0 Å². The van der Waals surface area contributed by atoms with Crippen molar-refractivity contribution >= 4 is 23.1 Å². The summed E-state index contributed by atoms with van der Waals surface area (Å²) in [7, 11) is 1.37. The summed E-state index contributed by atoms with van der Waals surface area (Å²) in [6.07, 6.45) is 0.704. The van der Waals surface area contributed by atoms with E-state index in [0.717, 1.165) is 0 Å². The quantitative estimate of drug-likeness (QED) is 0.615. The predicted molar refractivity (Wildman–Crippen MR) is 82.8 cm³/mol. The van der Waals surface area contributed by atoms with Gasteiger partial charge in [-0.25, -0.2) is 0 Å². The zero-order chi connectivity index (χ0) is 17.2. The first kappa shape index (κ1) is 16.8. The summed E-state index contributed by atoms with van der Waals surface area (Å²) in [4.78, 5) is 49.1. The summed E-state index contributed by atoms with van der Waals surface area (Å²) in [5, 5.41) is 0. The Morgan fingerprint density at radius 1 is 1.13 bits per heavy atom. The lowest BCUT2D eigenvalue weighted by Gasteiger charge is -2.31. The van der Waals surface area contributed by atoms with E-state index in [1.165, 1.54) is 13.2 Å². The van der Waals surface area contributed by atoms with Crippen LogP contribution in [0.1, 0.15) is 30.6 Å². The van der Waals surface area contributed by atoms with E-state index in [4.69, 9.17) is 4.74 Å². The first-order valence-corrected chi connectivity index (χ1v) is 7.24. The third-order valence-corrected chi connectivity index (χ3v) is 4.02. The van der Waals surface area contributed by atoms with Crippen molar-refractivity contribution in [1.82, 2.24) is 0 Å². The average molecular weight is 314 g/mol. The number of hydrogen-bond acceptors (Lipinski definition) is 5. The highest BCUT2D eigenvalue weighted by Crippen LogP contribution is 2.36. The van der Waals surface area contributed by atoms with Crippen molar-refractivity contribution in [1.29, 1.82) is 0 Å². The van der Waals surface area contributed by atoms with Gasteiger partial charge in [0.05, 0.1) is 18.9 Å². The minimum Gasteiger partial charge on any atom is -0.500 e. The maximum atomic E-state index is 12.5. The molecule has 5 heteroatoms. The van der Waals surface area contributed by atoms with Crippen molar-refractivity contribution in [2.45, 2.75) is 20.3 Å². The molecule has 1 aromatic rings. The molecule has 0 N–H and O–H groups in total. The van der Waals surface area contributed by atoms with Crippen molar-refractivity contribution in [3.05, 3.63) is 47.7 Å². The van der Waals surface area contributed by atoms with Gasteiger partial charge in [-0.2, -0.15) is 0 Å². The molecule has 2 rings (SSSR count). The van der Waals surface area contributed by atoms with Crippen molar-refractivity contribution in [2.24, 2.45) is 11.3 Å². The SMILES string of the molecule is COC1=CC(=O)C(C(=O)CC(=O)c2ccccc2)C(=O)C1(C)C. The van der Waals surface area contributed by atoms with Gasteiger partial charge in [-0.1, -0.05) is 30.3 Å². The summed E-state index contributed by atoms with van der Waals surface area (Å²) in [6, 6.07) is 8.31. The molecule has 0 heterocycles. The summed E-state index contributed by atoms with van der Waals surface area (Å²) >= 11 is 0. The van der Waals surface area contributed by atoms with Gasteiger partial charge in [0.1, 0.15) is 11.7 Å². The van der Waals surface area contributed by atoms with Crippen LogP contribution < -0.4 is 0 Å². The molecule has 0 aliphatic heterocycles. The number of carbonyl (C=O) groups is 4. The molecule has 1 aliphatic carbocycles. The molecule has 0 spiro atoms.